The van der Waals surface area contributed by atoms with Crippen LogP contribution in [-0.4, -0.2) is 39.3 Å². The van der Waals surface area contributed by atoms with Crippen LogP contribution in [0.1, 0.15) is 18.1 Å². The molecule has 2 rings (SSSR count). The van der Waals surface area contributed by atoms with E-state index in [0.717, 1.165) is 5.56 Å². The molecule has 24 heavy (non-hydrogen) atoms. The minimum atomic E-state index is -1.03. The Morgan fingerprint density at radius 2 is 1.62 bits per heavy atom. The van der Waals surface area contributed by atoms with E-state index in [0.29, 0.717) is 17.9 Å². The lowest BCUT2D eigenvalue weighted by molar-refractivity contribution is -0.214. The Bertz CT molecular complexity index is 639. The fourth-order valence-corrected chi connectivity index (χ4v) is 2.91. The van der Waals surface area contributed by atoms with Crippen molar-refractivity contribution in [3.05, 3.63) is 59.7 Å². The zero-order valence-electron chi connectivity index (χ0n) is 14.5. The summed E-state index contributed by atoms with van der Waals surface area (Å²) in [5.41, 5.74) is 0.517. The standard InChI is InChI=1S/C19H24O5/c1-5-24-17-12-11-15(13-16(17)20)19(23-4,18(21-2)22-3)14-9-7-6-8-10-14/h6-13,18,20H,5H2,1-4H3. The molecule has 2 aromatic carbocycles. The number of phenolic OH excluding ortho intramolecular Hbond substituents is 1. The van der Waals surface area contributed by atoms with E-state index in [1.54, 1.807) is 33.5 Å². The van der Waals surface area contributed by atoms with E-state index in [4.69, 9.17) is 18.9 Å². The second kappa shape index (κ2) is 8.15. The van der Waals surface area contributed by atoms with Gasteiger partial charge in [-0.3, -0.25) is 0 Å². The second-order valence-electron chi connectivity index (χ2n) is 5.22. The van der Waals surface area contributed by atoms with E-state index in [1.807, 2.05) is 43.3 Å². The Labute approximate surface area is 142 Å². The van der Waals surface area contributed by atoms with E-state index in [-0.39, 0.29) is 5.75 Å². The van der Waals surface area contributed by atoms with Crippen LogP contribution >= 0.6 is 0 Å². The molecule has 0 saturated heterocycles. The van der Waals surface area contributed by atoms with Crippen LogP contribution in [0.4, 0.5) is 0 Å². The maximum Gasteiger partial charge on any atom is 0.194 e. The molecule has 0 aliphatic rings. The average Bonchev–Trinajstić information content (AvgIpc) is 2.62. The van der Waals surface area contributed by atoms with Crippen molar-refractivity contribution in [2.24, 2.45) is 0 Å². The first-order valence-electron chi connectivity index (χ1n) is 7.76. The number of rotatable bonds is 8. The average molecular weight is 332 g/mol. The van der Waals surface area contributed by atoms with Gasteiger partial charge in [0.1, 0.15) is 0 Å². The van der Waals surface area contributed by atoms with Gasteiger partial charge < -0.3 is 24.1 Å². The summed E-state index contributed by atoms with van der Waals surface area (Å²) in [6, 6.07) is 14.8. The van der Waals surface area contributed by atoms with Crippen molar-refractivity contribution in [2.45, 2.75) is 18.8 Å². The highest BCUT2D eigenvalue weighted by Gasteiger charge is 2.44. The van der Waals surface area contributed by atoms with Crippen LogP contribution in [0.15, 0.2) is 48.5 Å². The molecular formula is C19H24O5. The third kappa shape index (κ3) is 3.24. The van der Waals surface area contributed by atoms with Gasteiger partial charge >= 0.3 is 0 Å². The molecule has 5 heteroatoms. The van der Waals surface area contributed by atoms with Crippen LogP contribution in [0.2, 0.25) is 0 Å². The van der Waals surface area contributed by atoms with Gasteiger partial charge in [0.05, 0.1) is 6.61 Å². The van der Waals surface area contributed by atoms with E-state index in [1.165, 1.54) is 0 Å². The van der Waals surface area contributed by atoms with Crippen molar-refractivity contribution in [2.75, 3.05) is 27.9 Å². The van der Waals surface area contributed by atoms with Gasteiger partial charge in [0.15, 0.2) is 23.4 Å². The first-order chi connectivity index (χ1) is 11.6. The molecule has 1 unspecified atom stereocenters. The Hall–Kier alpha value is -2.08. The third-order valence-electron chi connectivity index (χ3n) is 3.97. The molecule has 0 aromatic heterocycles. The molecule has 0 amide bonds. The Kier molecular flexibility index (Phi) is 6.20. The van der Waals surface area contributed by atoms with Gasteiger partial charge in [-0.15, -0.1) is 0 Å². The van der Waals surface area contributed by atoms with E-state index in [2.05, 4.69) is 0 Å². The van der Waals surface area contributed by atoms with Gasteiger partial charge in [-0.05, 0) is 30.2 Å². The number of methoxy groups -OCH3 is 3. The Morgan fingerprint density at radius 1 is 0.958 bits per heavy atom. The van der Waals surface area contributed by atoms with Gasteiger partial charge in [-0.25, -0.2) is 0 Å². The van der Waals surface area contributed by atoms with Crippen molar-refractivity contribution >= 4 is 0 Å². The molecule has 0 heterocycles. The van der Waals surface area contributed by atoms with Crippen LogP contribution in [0.25, 0.3) is 0 Å². The third-order valence-corrected chi connectivity index (χ3v) is 3.97. The maximum absolute atomic E-state index is 10.3. The summed E-state index contributed by atoms with van der Waals surface area (Å²) in [6.07, 6.45) is -0.706. The summed E-state index contributed by atoms with van der Waals surface area (Å²) in [6.45, 7) is 2.34. The first kappa shape index (κ1) is 18.3. The summed E-state index contributed by atoms with van der Waals surface area (Å²) < 4.78 is 22.4. The predicted octanol–water partition coefficient (Wildman–Crippen LogP) is 3.30. The van der Waals surface area contributed by atoms with Crippen molar-refractivity contribution in [1.29, 1.82) is 0 Å². The summed E-state index contributed by atoms with van der Waals surface area (Å²) in [4.78, 5) is 0. The lowest BCUT2D eigenvalue weighted by Crippen LogP contribution is -2.44. The summed E-state index contributed by atoms with van der Waals surface area (Å²) in [5, 5.41) is 10.3. The van der Waals surface area contributed by atoms with Gasteiger partial charge in [-0.2, -0.15) is 0 Å². The Balaban J connectivity index is 2.64. The van der Waals surface area contributed by atoms with Crippen molar-refractivity contribution in [1.82, 2.24) is 0 Å². The van der Waals surface area contributed by atoms with Crippen molar-refractivity contribution < 1.29 is 24.1 Å². The predicted molar refractivity (Wildman–Crippen MR) is 91.3 cm³/mol. The monoisotopic (exact) mass is 332 g/mol. The largest absolute Gasteiger partial charge is 0.504 e. The van der Waals surface area contributed by atoms with Crippen LogP contribution in [0, 0.1) is 0 Å². The van der Waals surface area contributed by atoms with Crippen LogP contribution in [0.3, 0.4) is 0 Å². The zero-order valence-corrected chi connectivity index (χ0v) is 14.5. The molecule has 0 radical (unpaired) electrons. The number of hydrogen-bond acceptors (Lipinski definition) is 5. The first-order valence-corrected chi connectivity index (χ1v) is 7.76. The van der Waals surface area contributed by atoms with Gasteiger partial charge in [0.2, 0.25) is 0 Å². The minimum Gasteiger partial charge on any atom is -0.504 e. The van der Waals surface area contributed by atoms with Crippen LogP contribution in [0.5, 0.6) is 11.5 Å². The number of phenols is 1. The normalized spacial score (nSPS) is 13.7. The molecule has 2 aromatic rings. The lowest BCUT2D eigenvalue weighted by Gasteiger charge is -2.38. The summed E-state index contributed by atoms with van der Waals surface area (Å²) in [5.74, 6) is 0.461. The maximum atomic E-state index is 10.3. The number of hydrogen-bond donors (Lipinski definition) is 1. The highest BCUT2D eigenvalue weighted by Crippen LogP contribution is 2.41. The molecule has 1 N–H and O–H groups in total. The fourth-order valence-electron chi connectivity index (χ4n) is 2.91. The van der Waals surface area contributed by atoms with Crippen molar-refractivity contribution in [3.63, 3.8) is 0 Å². The molecule has 1 atom stereocenters. The Morgan fingerprint density at radius 3 is 2.12 bits per heavy atom. The molecule has 0 bridgehead atoms. The number of ether oxygens (including phenoxy) is 4. The summed E-state index contributed by atoms with van der Waals surface area (Å²) >= 11 is 0. The van der Waals surface area contributed by atoms with Gasteiger partial charge in [0.25, 0.3) is 0 Å². The van der Waals surface area contributed by atoms with Crippen LogP contribution in [-0.2, 0) is 19.8 Å². The molecule has 0 fully saturated rings. The van der Waals surface area contributed by atoms with E-state index < -0.39 is 11.9 Å². The summed E-state index contributed by atoms with van der Waals surface area (Å²) in [7, 11) is 4.70. The molecule has 5 nitrogen and oxygen atoms in total. The highest BCUT2D eigenvalue weighted by atomic mass is 16.7. The topological polar surface area (TPSA) is 57.2 Å². The highest BCUT2D eigenvalue weighted by molar-refractivity contribution is 5.47. The number of aromatic hydroxyl groups is 1. The van der Waals surface area contributed by atoms with E-state index in [9.17, 15) is 5.11 Å². The van der Waals surface area contributed by atoms with Crippen LogP contribution < -0.4 is 4.74 Å². The quantitative estimate of drug-likeness (QED) is 0.752. The van der Waals surface area contributed by atoms with Gasteiger partial charge in [-0.1, -0.05) is 36.4 Å². The fraction of sp³-hybridized carbons (Fsp3) is 0.368. The molecule has 0 saturated carbocycles. The molecular weight excluding hydrogens is 308 g/mol. The second-order valence-corrected chi connectivity index (χ2v) is 5.22. The molecule has 0 aliphatic heterocycles. The number of benzene rings is 2. The zero-order chi connectivity index (χ0) is 17.6. The lowest BCUT2D eigenvalue weighted by atomic mass is 9.85. The van der Waals surface area contributed by atoms with Crippen molar-refractivity contribution in [3.8, 4) is 11.5 Å². The molecule has 0 aliphatic carbocycles. The molecule has 130 valence electrons. The van der Waals surface area contributed by atoms with E-state index >= 15 is 0 Å². The smallest absolute Gasteiger partial charge is 0.194 e. The minimum absolute atomic E-state index is 0.0395. The van der Waals surface area contributed by atoms with Gasteiger partial charge in [0, 0.05) is 21.3 Å². The SMILES string of the molecule is CCOc1ccc(C(OC)(c2ccccc2)C(OC)OC)cc1O. The molecule has 0 spiro atoms.